The summed E-state index contributed by atoms with van der Waals surface area (Å²) in [6.07, 6.45) is 2.11. The van der Waals surface area contributed by atoms with Gasteiger partial charge >= 0.3 is 4.87 Å². The van der Waals surface area contributed by atoms with E-state index in [0.29, 0.717) is 13.1 Å². The van der Waals surface area contributed by atoms with Crippen LogP contribution in [0.1, 0.15) is 27.5 Å². The Balaban J connectivity index is 1.41. The van der Waals surface area contributed by atoms with Crippen molar-refractivity contribution < 1.29 is 9.59 Å². The molecule has 1 N–H and O–H groups in total. The van der Waals surface area contributed by atoms with Crippen molar-refractivity contribution in [3.63, 3.8) is 0 Å². The number of hydrogen-bond donors (Lipinski definition) is 1. The van der Waals surface area contributed by atoms with Crippen molar-refractivity contribution in [3.05, 3.63) is 122 Å². The van der Waals surface area contributed by atoms with Crippen LogP contribution in [0.4, 0.5) is 0 Å². The van der Waals surface area contributed by atoms with E-state index in [-0.39, 0.29) is 22.6 Å². The number of thiazole rings is 1. The Morgan fingerprint density at radius 3 is 2.16 bits per heavy atom. The molecule has 1 fully saturated rings. The van der Waals surface area contributed by atoms with Crippen LogP contribution in [0, 0.1) is 5.92 Å². The summed E-state index contributed by atoms with van der Waals surface area (Å²) in [5.74, 6) is -1.50. The number of nitrogens with zero attached hydrogens (tertiary/aromatic N) is 2. The summed E-state index contributed by atoms with van der Waals surface area (Å²) in [5.41, 5.74) is 4.22. The second kappa shape index (κ2) is 9.15. The number of benzene rings is 3. The molecule has 0 saturated carbocycles. The minimum Gasteiger partial charge on any atom is -0.343 e. The molecular weight excluding hydrogens is 514 g/mol. The van der Waals surface area contributed by atoms with Crippen LogP contribution >= 0.6 is 23.1 Å². The molecule has 5 aromatic rings. The first-order valence-electron chi connectivity index (χ1n) is 12.5. The van der Waals surface area contributed by atoms with E-state index >= 15 is 0 Å². The monoisotopic (exact) mass is 537 g/mol. The number of nitrogens with one attached hydrogen (secondary N) is 1. The van der Waals surface area contributed by atoms with E-state index in [0.717, 1.165) is 31.9 Å². The highest BCUT2D eigenvalue weighted by Crippen LogP contribution is 2.53. The predicted octanol–water partition coefficient (Wildman–Crippen LogP) is 4.84. The average molecular weight is 538 g/mol. The van der Waals surface area contributed by atoms with Gasteiger partial charge in [-0.15, -0.1) is 0 Å². The molecule has 2 amide bonds. The van der Waals surface area contributed by atoms with Gasteiger partial charge in [-0.05, 0) is 22.8 Å². The summed E-state index contributed by atoms with van der Waals surface area (Å²) >= 11 is 2.55. The minimum atomic E-state index is -0.577. The summed E-state index contributed by atoms with van der Waals surface area (Å²) < 4.78 is 3.97. The van der Waals surface area contributed by atoms with Crippen molar-refractivity contribution in [1.29, 1.82) is 0 Å². The smallest absolute Gasteiger partial charge is 0.308 e. The molecule has 1 saturated heterocycles. The highest BCUT2D eigenvalue weighted by molar-refractivity contribution is 8.00. The Bertz CT molecular complexity index is 1750. The zero-order chi connectivity index (χ0) is 25.8. The van der Waals surface area contributed by atoms with Gasteiger partial charge in [-0.1, -0.05) is 102 Å². The summed E-state index contributed by atoms with van der Waals surface area (Å²) in [5, 5.41) is 3.82. The second-order valence-corrected chi connectivity index (χ2v) is 11.8. The molecular formula is C30H23N3O3S2. The zero-order valence-corrected chi connectivity index (χ0v) is 21.9. The van der Waals surface area contributed by atoms with Gasteiger partial charge in [0.15, 0.2) is 0 Å². The lowest BCUT2D eigenvalue weighted by Gasteiger charge is -2.30. The fourth-order valence-electron chi connectivity index (χ4n) is 5.71. The topological polar surface area (TPSA) is 73.1 Å². The normalized spacial score (nSPS) is 20.4. The minimum absolute atomic E-state index is 0.0720. The molecule has 4 heterocycles. The van der Waals surface area contributed by atoms with E-state index < -0.39 is 11.2 Å². The highest BCUT2D eigenvalue weighted by atomic mass is 32.2. The Kier molecular flexibility index (Phi) is 5.60. The van der Waals surface area contributed by atoms with Crippen LogP contribution in [0.5, 0.6) is 0 Å². The molecule has 2 aromatic heterocycles. The SMILES string of the molecule is O=C1NC(=O)[C@H]2Sc3c(sc(=O)n3Cc3ccccc3)[C@@H](c3cn(Cc4ccccc4)c4ccccc34)[C@@H]12. The van der Waals surface area contributed by atoms with Gasteiger partial charge in [-0.3, -0.25) is 24.3 Å². The third-order valence-electron chi connectivity index (χ3n) is 7.42. The molecule has 6 nitrogen and oxygen atoms in total. The number of amides is 2. The maximum Gasteiger partial charge on any atom is 0.308 e. The zero-order valence-electron chi connectivity index (χ0n) is 20.2. The van der Waals surface area contributed by atoms with Crippen LogP contribution in [0.3, 0.4) is 0 Å². The average Bonchev–Trinajstić information content (AvgIpc) is 3.55. The number of aromatic nitrogens is 2. The Morgan fingerprint density at radius 1 is 0.763 bits per heavy atom. The van der Waals surface area contributed by atoms with Crippen LogP contribution in [-0.2, 0) is 22.7 Å². The van der Waals surface area contributed by atoms with Crippen LogP contribution in [0.25, 0.3) is 10.9 Å². The number of thioether (sulfide) groups is 1. The maximum atomic E-state index is 13.4. The molecule has 0 radical (unpaired) electrons. The highest BCUT2D eigenvalue weighted by Gasteiger charge is 2.53. The quantitative estimate of drug-likeness (QED) is 0.326. The Hall–Kier alpha value is -3.88. The molecule has 0 aliphatic carbocycles. The lowest BCUT2D eigenvalue weighted by atomic mass is 9.83. The fraction of sp³-hybridized carbons (Fsp3) is 0.167. The second-order valence-electron chi connectivity index (χ2n) is 9.72. The molecule has 8 heteroatoms. The summed E-state index contributed by atoms with van der Waals surface area (Å²) in [6, 6.07) is 28.3. The predicted molar refractivity (Wildman–Crippen MR) is 150 cm³/mol. The van der Waals surface area contributed by atoms with Gasteiger partial charge in [0.1, 0.15) is 5.25 Å². The Labute approximate surface area is 226 Å². The molecule has 7 rings (SSSR count). The van der Waals surface area contributed by atoms with Crippen molar-refractivity contribution >= 4 is 45.8 Å². The van der Waals surface area contributed by atoms with Crippen LogP contribution < -0.4 is 10.2 Å². The van der Waals surface area contributed by atoms with Crippen molar-refractivity contribution in [2.45, 2.75) is 29.3 Å². The summed E-state index contributed by atoms with van der Waals surface area (Å²) in [4.78, 5) is 40.3. The standard InChI is InChI=1S/C30H23N3O3S2/c34-27-24-23(21-17-32(15-18-9-3-1-4-10-18)22-14-8-7-13-20(21)22)26-29(37-25(24)28(35)31-27)33(30(36)38-26)16-19-11-5-2-6-12-19/h1-14,17,23-25H,15-16H2,(H,31,34,35)/t23-,24+,25-/m0/s1. The van der Waals surface area contributed by atoms with E-state index in [1.54, 1.807) is 4.57 Å². The first-order chi connectivity index (χ1) is 18.6. The molecule has 2 aliphatic heterocycles. The van der Waals surface area contributed by atoms with E-state index in [1.165, 1.54) is 28.7 Å². The molecule has 3 atom stereocenters. The molecule has 188 valence electrons. The molecule has 0 unspecified atom stereocenters. The van der Waals surface area contributed by atoms with E-state index in [4.69, 9.17) is 0 Å². The Morgan fingerprint density at radius 2 is 1.42 bits per heavy atom. The van der Waals surface area contributed by atoms with Crippen molar-refractivity contribution in [1.82, 2.24) is 14.5 Å². The van der Waals surface area contributed by atoms with Crippen molar-refractivity contribution in [3.8, 4) is 0 Å². The molecule has 2 aliphatic rings. The molecule has 38 heavy (non-hydrogen) atoms. The van der Waals surface area contributed by atoms with Gasteiger partial charge in [-0.25, -0.2) is 0 Å². The molecule has 0 spiro atoms. The van der Waals surface area contributed by atoms with E-state index in [1.807, 2.05) is 60.7 Å². The van der Waals surface area contributed by atoms with Crippen LogP contribution in [0.15, 0.2) is 101 Å². The summed E-state index contributed by atoms with van der Waals surface area (Å²) in [6.45, 7) is 1.11. The van der Waals surface area contributed by atoms with Crippen molar-refractivity contribution in [2.75, 3.05) is 0 Å². The maximum absolute atomic E-state index is 13.4. The van der Waals surface area contributed by atoms with E-state index in [9.17, 15) is 14.4 Å². The number of para-hydroxylation sites is 1. The number of carbonyl (C=O) groups excluding carboxylic acids is 2. The van der Waals surface area contributed by atoms with Gasteiger partial charge in [0, 0.05) is 34.4 Å². The van der Waals surface area contributed by atoms with E-state index in [2.05, 4.69) is 40.3 Å². The van der Waals surface area contributed by atoms with Gasteiger partial charge in [-0.2, -0.15) is 0 Å². The lowest BCUT2D eigenvalue weighted by Crippen LogP contribution is -2.32. The van der Waals surface area contributed by atoms with Gasteiger partial charge in [0.25, 0.3) is 0 Å². The van der Waals surface area contributed by atoms with Gasteiger partial charge in [0.2, 0.25) is 11.8 Å². The first kappa shape index (κ1) is 23.3. The van der Waals surface area contributed by atoms with Gasteiger partial charge in [0.05, 0.1) is 17.5 Å². The third-order valence-corrected chi connectivity index (χ3v) is 10.0. The lowest BCUT2D eigenvalue weighted by molar-refractivity contribution is -0.125. The van der Waals surface area contributed by atoms with Crippen LogP contribution in [-0.4, -0.2) is 26.2 Å². The number of fused-ring (bicyclic) bond motifs is 3. The first-order valence-corrected chi connectivity index (χ1v) is 14.2. The number of imide groups is 1. The number of carbonyl (C=O) groups is 2. The number of hydrogen-bond acceptors (Lipinski definition) is 5. The van der Waals surface area contributed by atoms with Gasteiger partial charge < -0.3 is 4.57 Å². The third kappa shape index (κ3) is 3.75. The molecule has 3 aromatic carbocycles. The fourth-order valence-corrected chi connectivity index (χ4v) is 8.44. The largest absolute Gasteiger partial charge is 0.343 e. The van der Waals surface area contributed by atoms with Crippen molar-refractivity contribution in [2.24, 2.45) is 5.92 Å². The summed E-state index contributed by atoms with van der Waals surface area (Å²) in [7, 11) is 0. The molecule has 0 bridgehead atoms. The number of rotatable bonds is 5. The van der Waals surface area contributed by atoms with Crippen LogP contribution in [0.2, 0.25) is 0 Å².